The Morgan fingerprint density at radius 3 is 2.39 bits per heavy atom. The van der Waals surface area contributed by atoms with Gasteiger partial charge in [0.25, 0.3) is 0 Å². The third-order valence-corrected chi connectivity index (χ3v) is 4.41. The van der Waals surface area contributed by atoms with E-state index < -0.39 is 0 Å². The van der Waals surface area contributed by atoms with Crippen LogP contribution >= 0.6 is 0 Å². The molecule has 130 valence electrons. The zero-order valence-corrected chi connectivity index (χ0v) is 14.8. The molecule has 1 saturated carbocycles. The van der Waals surface area contributed by atoms with Gasteiger partial charge >= 0.3 is 5.97 Å². The maximum atomic E-state index is 11.1. The molecule has 0 saturated heterocycles. The smallest absolute Gasteiger partial charge is 0.338 e. The van der Waals surface area contributed by atoms with E-state index in [1.165, 1.54) is 12.8 Å². The zero-order chi connectivity index (χ0) is 17.4. The second-order valence-corrected chi connectivity index (χ2v) is 6.74. The number of carbonyl (C=O) groups is 1. The van der Waals surface area contributed by atoms with E-state index in [9.17, 15) is 9.90 Å². The minimum atomic E-state index is -0.308. The molecule has 0 spiro atoms. The van der Waals surface area contributed by atoms with E-state index in [1.54, 1.807) is 31.2 Å². The van der Waals surface area contributed by atoms with E-state index in [0.717, 1.165) is 12.3 Å². The predicted molar refractivity (Wildman–Crippen MR) is 94.2 cm³/mol. The zero-order valence-electron chi connectivity index (χ0n) is 14.8. The third kappa shape index (κ3) is 6.61. The fourth-order valence-corrected chi connectivity index (χ4v) is 2.99. The largest absolute Gasteiger partial charge is 0.462 e. The highest BCUT2D eigenvalue weighted by Crippen LogP contribution is 2.33. The Hall–Kier alpha value is -1.55. The normalized spacial score (nSPS) is 23.8. The van der Waals surface area contributed by atoms with Crippen LogP contribution in [0, 0.1) is 17.8 Å². The van der Waals surface area contributed by atoms with Gasteiger partial charge in [-0.2, -0.15) is 0 Å². The molecule has 3 atom stereocenters. The molecule has 0 unspecified atom stereocenters. The summed E-state index contributed by atoms with van der Waals surface area (Å²) in [5, 5.41) is 9.71. The molecule has 1 aromatic rings. The van der Waals surface area contributed by atoms with Crippen LogP contribution in [0.5, 0.6) is 0 Å². The molecule has 0 heterocycles. The number of carbonyl (C=O) groups excluding carboxylic acids is 1. The SMILES string of the molecule is CC(C)[C@@H]1CC[C@@H](C)C[C@H]1O.CCOC(=O)c1ccc(N)cc1. The van der Waals surface area contributed by atoms with Crippen molar-refractivity contribution in [1.82, 2.24) is 0 Å². The molecular weight excluding hydrogens is 290 g/mol. The number of hydrogen-bond donors (Lipinski definition) is 2. The average Bonchev–Trinajstić information content (AvgIpc) is 2.48. The second-order valence-electron chi connectivity index (χ2n) is 6.74. The van der Waals surface area contributed by atoms with Crippen molar-refractivity contribution in [3.8, 4) is 0 Å². The van der Waals surface area contributed by atoms with E-state index in [-0.39, 0.29) is 12.1 Å². The summed E-state index contributed by atoms with van der Waals surface area (Å²) in [5.41, 5.74) is 6.62. The highest BCUT2D eigenvalue weighted by atomic mass is 16.5. The maximum Gasteiger partial charge on any atom is 0.338 e. The molecule has 1 aromatic carbocycles. The van der Waals surface area contributed by atoms with Gasteiger partial charge in [0.1, 0.15) is 0 Å². The monoisotopic (exact) mass is 321 g/mol. The van der Waals surface area contributed by atoms with Gasteiger partial charge < -0.3 is 15.6 Å². The van der Waals surface area contributed by atoms with Gasteiger partial charge in [0.05, 0.1) is 18.3 Å². The number of aliphatic hydroxyl groups excluding tert-OH is 1. The number of nitrogen functional groups attached to an aromatic ring is 1. The fraction of sp³-hybridized carbons (Fsp3) is 0.632. The predicted octanol–water partition coefficient (Wildman–Crippen LogP) is 3.89. The van der Waals surface area contributed by atoms with E-state index in [2.05, 4.69) is 20.8 Å². The van der Waals surface area contributed by atoms with Gasteiger partial charge in [-0.25, -0.2) is 4.79 Å². The summed E-state index contributed by atoms with van der Waals surface area (Å²) >= 11 is 0. The minimum Gasteiger partial charge on any atom is -0.462 e. The number of ether oxygens (including phenoxy) is 1. The molecule has 2 rings (SSSR count). The van der Waals surface area contributed by atoms with Crippen LogP contribution < -0.4 is 5.73 Å². The Morgan fingerprint density at radius 2 is 1.91 bits per heavy atom. The highest BCUT2D eigenvalue weighted by Gasteiger charge is 2.28. The molecule has 0 bridgehead atoms. The summed E-state index contributed by atoms with van der Waals surface area (Å²) in [6, 6.07) is 6.64. The molecule has 4 nitrogen and oxygen atoms in total. The first-order valence-corrected chi connectivity index (χ1v) is 8.55. The number of esters is 1. The maximum absolute atomic E-state index is 11.1. The number of aliphatic hydroxyl groups is 1. The molecule has 0 aliphatic heterocycles. The van der Waals surface area contributed by atoms with Gasteiger partial charge in [-0.3, -0.25) is 0 Å². The fourth-order valence-electron chi connectivity index (χ4n) is 2.99. The van der Waals surface area contributed by atoms with Crippen molar-refractivity contribution >= 4 is 11.7 Å². The van der Waals surface area contributed by atoms with Crippen LogP contribution in [-0.4, -0.2) is 23.8 Å². The summed E-state index contributed by atoms with van der Waals surface area (Å²) < 4.78 is 4.79. The van der Waals surface area contributed by atoms with E-state index in [1.807, 2.05) is 0 Å². The topological polar surface area (TPSA) is 72.5 Å². The van der Waals surface area contributed by atoms with Crippen molar-refractivity contribution in [3.63, 3.8) is 0 Å². The van der Waals surface area contributed by atoms with Crippen LogP contribution in [0.15, 0.2) is 24.3 Å². The summed E-state index contributed by atoms with van der Waals surface area (Å²) in [6.45, 7) is 8.83. The minimum absolute atomic E-state index is 0.0289. The quantitative estimate of drug-likeness (QED) is 0.654. The van der Waals surface area contributed by atoms with Crippen LogP contribution in [-0.2, 0) is 4.74 Å². The number of benzene rings is 1. The van der Waals surface area contributed by atoms with Crippen molar-refractivity contribution in [2.24, 2.45) is 17.8 Å². The van der Waals surface area contributed by atoms with E-state index >= 15 is 0 Å². The highest BCUT2D eigenvalue weighted by molar-refractivity contribution is 5.89. The van der Waals surface area contributed by atoms with Crippen molar-refractivity contribution in [2.75, 3.05) is 12.3 Å². The molecule has 23 heavy (non-hydrogen) atoms. The van der Waals surface area contributed by atoms with Gasteiger partial charge in [-0.15, -0.1) is 0 Å². The summed E-state index contributed by atoms with van der Waals surface area (Å²) in [6.07, 6.45) is 3.52. The van der Waals surface area contributed by atoms with Gasteiger partial charge in [0, 0.05) is 5.69 Å². The molecule has 3 N–H and O–H groups in total. The molecule has 4 heteroatoms. The molecular formula is C19H31NO3. The van der Waals surface area contributed by atoms with Gasteiger partial charge in [-0.1, -0.05) is 27.2 Å². The Balaban J connectivity index is 0.000000231. The summed E-state index contributed by atoms with van der Waals surface area (Å²) in [5.74, 6) is 1.64. The first kappa shape index (κ1) is 19.5. The Bertz CT molecular complexity index is 470. The second kappa shape index (κ2) is 9.56. The van der Waals surface area contributed by atoms with Gasteiger partial charge in [0.2, 0.25) is 0 Å². The lowest BCUT2D eigenvalue weighted by Crippen LogP contribution is -2.31. The molecule has 0 amide bonds. The molecule has 1 aliphatic rings. The van der Waals surface area contributed by atoms with Crippen LogP contribution in [0.4, 0.5) is 5.69 Å². The van der Waals surface area contributed by atoms with Crippen LogP contribution in [0.3, 0.4) is 0 Å². The number of anilines is 1. The molecule has 1 aliphatic carbocycles. The molecule has 1 fully saturated rings. The first-order chi connectivity index (χ1) is 10.8. The Labute approximate surface area is 140 Å². The summed E-state index contributed by atoms with van der Waals surface area (Å²) in [4.78, 5) is 11.1. The van der Waals surface area contributed by atoms with Gasteiger partial charge in [0.15, 0.2) is 0 Å². The number of rotatable bonds is 3. The third-order valence-electron chi connectivity index (χ3n) is 4.41. The lowest BCUT2D eigenvalue weighted by Gasteiger charge is -2.33. The summed E-state index contributed by atoms with van der Waals surface area (Å²) in [7, 11) is 0. The van der Waals surface area contributed by atoms with Crippen LogP contribution in [0.25, 0.3) is 0 Å². The van der Waals surface area contributed by atoms with Crippen LogP contribution in [0.2, 0.25) is 0 Å². The van der Waals surface area contributed by atoms with Crippen molar-refractivity contribution in [2.45, 2.75) is 53.1 Å². The molecule has 0 aromatic heterocycles. The lowest BCUT2D eigenvalue weighted by atomic mass is 9.75. The van der Waals surface area contributed by atoms with E-state index in [4.69, 9.17) is 10.5 Å². The van der Waals surface area contributed by atoms with E-state index in [0.29, 0.717) is 29.7 Å². The van der Waals surface area contributed by atoms with Crippen LogP contribution in [0.1, 0.15) is 57.3 Å². The van der Waals surface area contributed by atoms with Crippen molar-refractivity contribution in [1.29, 1.82) is 0 Å². The Kier molecular flexibility index (Phi) is 8.10. The molecule has 0 radical (unpaired) electrons. The number of hydrogen-bond acceptors (Lipinski definition) is 4. The van der Waals surface area contributed by atoms with Crippen molar-refractivity contribution in [3.05, 3.63) is 29.8 Å². The van der Waals surface area contributed by atoms with Crippen molar-refractivity contribution < 1.29 is 14.6 Å². The standard InChI is InChI=1S/C10H20O.C9H11NO2/c1-7(2)9-5-4-8(3)6-10(9)11;1-2-12-9(11)7-3-5-8(10)6-4-7/h7-11H,4-6H2,1-3H3;3-6H,2,10H2,1H3/t8-,9+,10-;/m1./s1. The lowest BCUT2D eigenvalue weighted by molar-refractivity contribution is 0.0265. The average molecular weight is 321 g/mol. The Morgan fingerprint density at radius 1 is 1.30 bits per heavy atom. The van der Waals surface area contributed by atoms with Gasteiger partial charge in [-0.05, 0) is 61.8 Å². The number of nitrogens with two attached hydrogens (primary N) is 1. The first-order valence-electron chi connectivity index (χ1n) is 8.55.